The van der Waals surface area contributed by atoms with Gasteiger partial charge in [0.05, 0.1) is 23.1 Å². The Morgan fingerprint density at radius 2 is 1.90 bits per heavy atom. The number of amides is 1. The summed E-state index contributed by atoms with van der Waals surface area (Å²) in [5.41, 5.74) is 7.32. The quantitative estimate of drug-likeness (QED) is 0.225. The highest BCUT2D eigenvalue weighted by molar-refractivity contribution is 5.95. The molecule has 0 aliphatic rings. The Balaban J connectivity index is 0.000000892. The lowest BCUT2D eigenvalue weighted by atomic mass is 10.1. The summed E-state index contributed by atoms with van der Waals surface area (Å²) in [7, 11) is 5.70. The van der Waals surface area contributed by atoms with Crippen LogP contribution in [0.4, 0.5) is 30.6 Å². The molecule has 42 heavy (non-hydrogen) atoms. The molecule has 224 valence electrons. The first-order valence-corrected chi connectivity index (χ1v) is 12.7. The van der Waals surface area contributed by atoms with E-state index in [0.717, 1.165) is 29.1 Å². The standard InChI is InChI=1S/C25H28F3N7O2.C3H5NO/c1-33(2)10-11-34(3)17-12-22(37-15-25(26,27)28)23(30-13-17)32-24-29-9-8-20(31-24)19-14-35(16-36)21-7-5-4-6-18(19)21;1-2-3(4)5/h4-9,12-14,36H,10-11,15-16H2,1-3H3,(H,29,30,31,32);2H,1H2,(H2,4,5). The molecule has 0 aliphatic carbocycles. The molecule has 0 radical (unpaired) electrons. The number of halogens is 3. The second-order valence-corrected chi connectivity index (χ2v) is 9.34. The van der Waals surface area contributed by atoms with Crippen molar-refractivity contribution in [2.24, 2.45) is 5.73 Å². The number of aromatic nitrogens is 4. The summed E-state index contributed by atoms with van der Waals surface area (Å²) in [6.07, 6.45) is 1.42. The molecule has 0 bridgehead atoms. The highest BCUT2D eigenvalue weighted by Gasteiger charge is 2.29. The van der Waals surface area contributed by atoms with E-state index in [9.17, 15) is 23.1 Å². The lowest BCUT2D eigenvalue weighted by molar-refractivity contribution is -0.153. The highest BCUT2D eigenvalue weighted by atomic mass is 19.4. The molecule has 0 unspecified atom stereocenters. The number of nitrogens with two attached hydrogens (primary N) is 1. The van der Waals surface area contributed by atoms with Crippen molar-refractivity contribution in [1.29, 1.82) is 0 Å². The summed E-state index contributed by atoms with van der Waals surface area (Å²) in [5.74, 6) is -0.359. The zero-order valence-corrected chi connectivity index (χ0v) is 23.5. The SMILES string of the molecule is C=CC(N)=O.CN(C)CCN(C)c1cnc(Nc2nccc(-c3cn(CO)c4ccccc34)n2)c(OCC(F)(F)F)c1. The maximum absolute atomic E-state index is 12.9. The molecule has 0 saturated carbocycles. The number of fused-ring (bicyclic) bond motifs is 1. The second-order valence-electron chi connectivity index (χ2n) is 9.34. The van der Waals surface area contributed by atoms with Crippen LogP contribution in [0.3, 0.4) is 0 Å². The van der Waals surface area contributed by atoms with E-state index in [-0.39, 0.29) is 24.2 Å². The third-order valence-electron chi connectivity index (χ3n) is 5.86. The number of ether oxygens (including phenoxy) is 1. The molecule has 1 amide bonds. The molecular formula is C28H33F3N8O3. The zero-order chi connectivity index (χ0) is 30.9. The largest absolute Gasteiger partial charge is 0.480 e. The Morgan fingerprint density at radius 3 is 2.55 bits per heavy atom. The lowest BCUT2D eigenvalue weighted by Crippen LogP contribution is -2.28. The number of carbonyl (C=O) groups excluding carboxylic acids is 1. The minimum atomic E-state index is -4.51. The van der Waals surface area contributed by atoms with Crippen molar-refractivity contribution in [3.05, 3.63) is 67.6 Å². The molecule has 0 aliphatic heterocycles. The van der Waals surface area contributed by atoms with Gasteiger partial charge in [-0.2, -0.15) is 13.2 Å². The Morgan fingerprint density at radius 1 is 1.19 bits per heavy atom. The van der Waals surface area contributed by atoms with Crippen molar-refractivity contribution < 1.29 is 27.8 Å². The van der Waals surface area contributed by atoms with E-state index in [1.807, 2.05) is 55.2 Å². The van der Waals surface area contributed by atoms with E-state index in [1.165, 1.54) is 12.3 Å². The number of likely N-dealkylation sites (N-methyl/N-ethyl adjacent to an activating group) is 2. The molecule has 4 aromatic rings. The summed E-state index contributed by atoms with van der Waals surface area (Å²) in [5, 5.41) is 13.5. The summed E-state index contributed by atoms with van der Waals surface area (Å²) < 4.78 is 45.6. The van der Waals surface area contributed by atoms with Crippen molar-refractivity contribution >= 4 is 34.3 Å². The number of hydrogen-bond acceptors (Lipinski definition) is 9. The summed E-state index contributed by atoms with van der Waals surface area (Å²) in [4.78, 5) is 26.4. The van der Waals surface area contributed by atoms with Crippen LogP contribution in [0, 0.1) is 0 Å². The zero-order valence-electron chi connectivity index (χ0n) is 23.5. The molecule has 11 nitrogen and oxygen atoms in total. The molecule has 0 spiro atoms. The van der Waals surface area contributed by atoms with E-state index >= 15 is 0 Å². The lowest BCUT2D eigenvalue weighted by Gasteiger charge is -2.22. The van der Waals surface area contributed by atoms with Gasteiger partial charge in [-0.15, -0.1) is 0 Å². The summed E-state index contributed by atoms with van der Waals surface area (Å²) in [6.45, 7) is 2.82. The van der Waals surface area contributed by atoms with Gasteiger partial charge in [0.2, 0.25) is 11.9 Å². The minimum Gasteiger partial charge on any atom is -0.480 e. The Kier molecular flexibility index (Phi) is 10.8. The van der Waals surface area contributed by atoms with Crippen LogP contribution in [0.5, 0.6) is 5.75 Å². The van der Waals surface area contributed by atoms with Gasteiger partial charge in [0.15, 0.2) is 18.2 Å². The van der Waals surface area contributed by atoms with Gasteiger partial charge in [0.25, 0.3) is 0 Å². The van der Waals surface area contributed by atoms with Crippen LogP contribution < -0.4 is 20.7 Å². The predicted molar refractivity (Wildman–Crippen MR) is 155 cm³/mol. The molecule has 3 aromatic heterocycles. The first-order valence-electron chi connectivity index (χ1n) is 12.7. The average molecular weight is 587 g/mol. The van der Waals surface area contributed by atoms with Crippen LogP contribution in [0.15, 0.2) is 67.6 Å². The number of anilines is 3. The van der Waals surface area contributed by atoms with Gasteiger partial charge in [0, 0.05) is 49.5 Å². The maximum atomic E-state index is 12.9. The smallest absolute Gasteiger partial charge is 0.422 e. The van der Waals surface area contributed by atoms with Crippen molar-refractivity contribution in [3.63, 3.8) is 0 Å². The van der Waals surface area contributed by atoms with Crippen LogP contribution in [0.2, 0.25) is 0 Å². The van der Waals surface area contributed by atoms with Crippen LogP contribution in [0.1, 0.15) is 0 Å². The van der Waals surface area contributed by atoms with Gasteiger partial charge in [-0.1, -0.05) is 24.8 Å². The Bertz CT molecular complexity index is 1510. The molecule has 4 N–H and O–H groups in total. The monoisotopic (exact) mass is 586 g/mol. The number of aliphatic hydroxyl groups is 1. The van der Waals surface area contributed by atoms with E-state index in [1.54, 1.807) is 23.0 Å². The fraction of sp³-hybridized carbons (Fsp3) is 0.286. The number of hydrogen-bond donors (Lipinski definition) is 3. The van der Waals surface area contributed by atoms with Crippen LogP contribution in [0.25, 0.3) is 22.2 Å². The number of rotatable bonds is 11. The molecule has 0 atom stereocenters. The second kappa shape index (κ2) is 14.3. The number of benzene rings is 1. The average Bonchev–Trinajstić information content (AvgIpc) is 3.34. The molecule has 3 heterocycles. The number of para-hydroxylation sites is 1. The van der Waals surface area contributed by atoms with Gasteiger partial charge in [-0.25, -0.2) is 15.0 Å². The number of alkyl halides is 3. The van der Waals surface area contributed by atoms with Crippen molar-refractivity contribution in [2.45, 2.75) is 12.9 Å². The minimum absolute atomic E-state index is 0.0592. The van der Waals surface area contributed by atoms with E-state index in [4.69, 9.17) is 4.74 Å². The molecule has 1 aromatic carbocycles. The summed E-state index contributed by atoms with van der Waals surface area (Å²) >= 11 is 0. The Hall–Kier alpha value is -4.69. The Labute approximate surface area is 241 Å². The molecule has 4 rings (SSSR count). The van der Waals surface area contributed by atoms with E-state index in [2.05, 4.69) is 32.6 Å². The fourth-order valence-corrected chi connectivity index (χ4v) is 3.73. The van der Waals surface area contributed by atoms with E-state index < -0.39 is 18.7 Å². The third-order valence-corrected chi connectivity index (χ3v) is 5.86. The number of nitrogens with one attached hydrogen (secondary N) is 1. The van der Waals surface area contributed by atoms with Gasteiger partial charge in [-0.05, 0) is 32.3 Å². The van der Waals surface area contributed by atoms with Crippen LogP contribution in [-0.4, -0.2) is 82.4 Å². The number of carbonyl (C=O) groups is 1. The predicted octanol–water partition coefficient (Wildman–Crippen LogP) is 3.78. The van der Waals surface area contributed by atoms with Gasteiger partial charge in [0.1, 0.15) is 6.73 Å². The summed E-state index contributed by atoms with van der Waals surface area (Å²) in [6, 6.07) is 10.8. The molecule has 14 heteroatoms. The number of aliphatic hydroxyl groups excluding tert-OH is 1. The van der Waals surface area contributed by atoms with Crippen LogP contribution in [-0.2, 0) is 11.5 Å². The number of nitrogens with zero attached hydrogens (tertiary/aromatic N) is 6. The first kappa shape index (κ1) is 31.8. The normalized spacial score (nSPS) is 11.1. The van der Waals surface area contributed by atoms with Gasteiger partial charge in [-0.3, -0.25) is 4.79 Å². The topological polar surface area (TPSA) is 135 Å². The van der Waals surface area contributed by atoms with Crippen molar-refractivity contribution in [3.8, 4) is 17.0 Å². The van der Waals surface area contributed by atoms with Gasteiger partial charge < -0.3 is 35.3 Å². The fourth-order valence-electron chi connectivity index (χ4n) is 3.73. The van der Waals surface area contributed by atoms with Crippen LogP contribution >= 0.6 is 0 Å². The maximum Gasteiger partial charge on any atom is 0.422 e. The van der Waals surface area contributed by atoms with Crippen molar-refractivity contribution in [1.82, 2.24) is 24.4 Å². The highest BCUT2D eigenvalue weighted by Crippen LogP contribution is 2.32. The third kappa shape index (κ3) is 8.91. The number of primary amides is 1. The van der Waals surface area contributed by atoms with E-state index in [0.29, 0.717) is 17.9 Å². The molecule has 0 saturated heterocycles. The number of pyridine rings is 1. The first-order chi connectivity index (χ1) is 19.9. The molecule has 0 fully saturated rings. The van der Waals surface area contributed by atoms with Crippen molar-refractivity contribution in [2.75, 3.05) is 51.1 Å². The van der Waals surface area contributed by atoms with Gasteiger partial charge >= 0.3 is 6.18 Å². The molecular weight excluding hydrogens is 553 g/mol.